The van der Waals surface area contributed by atoms with Gasteiger partial charge in [-0.3, -0.25) is 9.69 Å². The Labute approximate surface area is 225 Å². The zero-order chi connectivity index (χ0) is 27.1. The first kappa shape index (κ1) is 28.0. The summed E-state index contributed by atoms with van der Waals surface area (Å²) in [5, 5.41) is 23.2. The predicted octanol–water partition coefficient (Wildman–Crippen LogP) is 4.41. The summed E-state index contributed by atoms with van der Waals surface area (Å²) >= 11 is 0. The lowest BCUT2D eigenvalue weighted by Crippen LogP contribution is -2.43. The van der Waals surface area contributed by atoms with Crippen molar-refractivity contribution in [1.29, 1.82) is 0 Å². The number of aliphatic hydroxyl groups excluding tert-OH is 2. The SMILES string of the molecule is CC(=O)NCc1ccc([C@@H]2O[C@H](CN(C)[C@@H](C)[C@H](O)c3ccccc3)C[C@H](c3ccc(CO)cc3)O2)cc1. The highest BCUT2D eigenvalue weighted by Gasteiger charge is 2.34. The van der Waals surface area contributed by atoms with Gasteiger partial charge in [0.15, 0.2) is 6.29 Å². The minimum absolute atomic E-state index is 0.00256. The molecule has 1 amide bonds. The number of ether oxygens (including phenoxy) is 2. The van der Waals surface area contributed by atoms with Crippen molar-refractivity contribution in [3.63, 3.8) is 0 Å². The van der Waals surface area contributed by atoms with E-state index < -0.39 is 12.4 Å². The number of nitrogens with zero attached hydrogens (tertiary/aromatic N) is 1. The first-order valence-corrected chi connectivity index (χ1v) is 13.1. The molecule has 7 heteroatoms. The lowest BCUT2D eigenvalue weighted by Gasteiger charge is -2.39. The molecule has 1 aliphatic rings. The van der Waals surface area contributed by atoms with Crippen LogP contribution in [0.3, 0.4) is 0 Å². The van der Waals surface area contributed by atoms with Gasteiger partial charge in [-0.1, -0.05) is 78.9 Å². The highest BCUT2D eigenvalue weighted by Crippen LogP contribution is 2.38. The Kier molecular flexibility index (Phi) is 9.66. The summed E-state index contributed by atoms with van der Waals surface area (Å²) in [5.41, 5.74) is 4.67. The lowest BCUT2D eigenvalue weighted by atomic mass is 9.98. The molecule has 7 nitrogen and oxygen atoms in total. The van der Waals surface area contributed by atoms with Crippen molar-refractivity contribution >= 4 is 5.91 Å². The molecule has 5 atom stereocenters. The molecule has 1 saturated heterocycles. The molecule has 0 aliphatic carbocycles. The van der Waals surface area contributed by atoms with Gasteiger partial charge in [0.25, 0.3) is 0 Å². The van der Waals surface area contributed by atoms with E-state index in [0.29, 0.717) is 19.5 Å². The molecule has 4 rings (SSSR count). The molecule has 0 saturated carbocycles. The van der Waals surface area contributed by atoms with Gasteiger partial charge in [-0.25, -0.2) is 0 Å². The topological polar surface area (TPSA) is 91.3 Å². The zero-order valence-electron chi connectivity index (χ0n) is 22.3. The Morgan fingerprint density at radius 3 is 2.24 bits per heavy atom. The van der Waals surface area contributed by atoms with Crippen LogP contribution in [0.2, 0.25) is 0 Å². The number of hydrogen-bond donors (Lipinski definition) is 3. The number of likely N-dealkylation sites (N-methyl/N-ethyl adjacent to an activating group) is 1. The minimum atomic E-state index is -0.616. The summed E-state index contributed by atoms with van der Waals surface area (Å²) in [7, 11) is 2.01. The normalized spacial score (nSPS) is 21.2. The molecule has 0 radical (unpaired) electrons. The number of carbonyl (C=O) groups is 1. The number of amides is 1. The largest absolute Gasteiger partial charge is 0.392 e. The molecule has 0 aromatic heterocycles. The fraction of sp³-hybridized carbons (Fsp3) is 0.387. The Hall–Kier alpha value is -3.07. The van der Waals surface area contributed by atoms with E-state index >= 15 is 0 Å². The number of hydrogen-bond acceptors (Lipinski definition) is 6. The van der Waals surface area contributed by atoms with Gasteiger partial charge < -0.3 is 25.0 Å². The zero-order valence-corrected chi connectivity index (χ0v) is 22.3. The van der Waals surface area contributed by atoms with E-state index in [4.69, 9.17) is 9.47 Å². The number of nitrogens with one attached hydrogen (secondary N) is 1. The summed E-state index contributed by atoms with van der Waals surface area (Å²) in [6.45, 7) is 4.61. The Morgan fingerprint density at radius 2 is 1.61 bits per heavy atom. The molecule has 3 aromatic rings. The van der Waals surface area contributed by atoms with Crippen molar-refractivity contribution < 1.29 is 24.5 Å². The van der Waals surface area contributed by atoms with Gasteiger partial charge in [-0.05, 0) is 36.2 Å². The molecule has 3 aromatic carbocycles. The number of aliphatic hydroxyl groups is 2. The minimum Gasteiger partial charge on any atom is -0.392 e. The van der Waals surface area contributed by atoms with Crippen LogP contribution in [-0.4, -0.2) is 46.8 Å². The summed E-state index contributed by atoms with van der Waals surface area (Å²) in [6.07, 6.45) is -0.837. The monoisotopic (exact) mass is 518 g/mol. The van der Waals surface area contributed by atoms with E-state index in [1.165, 1.54) is 6.92 Å². The van der Waals surface area contributed by atoms with Gasteiger partial charge >= 0.3 is 0 Å². The Balaban J connectivity index is 1.50. The maximum Gasteiger partial charge on any atom is 0.217 e. The fourth-order valence-electron chi connectivity index (χ4n) is 4.71. The standard InChI is InChI=1S/C31H38N2O5/c1-21(30(36)26-7-5-4-6-8-26)33(3)19-28-17-29(25-13-11-24(20-34)12-14-25)38-31(37-28)27-15-9-23(10-16-27)18-32-22(2)35/h4-16,21,28-31,34,36H,17-20H2,1-3H3,(H,32,35)/t21-,28-,29+,30-,31+/m0/s1. The van der Waals surface area contributed by atoms with E-state index in [1.54, 1.807) is 0 Å². The average molecular weight is 519 g/mol. The molecule has 1 fully saturated rings. The molecule has 202 valence electrons. The third-order valence-electron chi connectivity index (χ3n) is 7.19. The van der Waals surface area contributed by atoms with E-state index in [0.717, 1.165) is 27.8 Å². The second-order valence-corrected chi connectivity index (χ2v) is 10.0. The van der Waals surface area contributed by atoms with Crippen LogP contribution in [-0.2, 0) is 27.4 Å². The van der Waals surface area contributed by atoms with Crippen molar-refractivity contribution in [2.24, 2.45) is 0 Å². The van der Waals surface area contributed by atoms with Crippen LogP contribution in [0.5, 0.6) is 0 Å². The lowest BCUT2D eigenvalue weighted by molar-refractivity contribution is -0.253. The number of carbonyl (C=O) groups excluding carboxylic acids is 1. The molecule has 3 N–H and O–H groups in total. The number of rotatable bonds is 10. The van der Waals surface area contributed by atoms with Crippen LogP contribution in [0, 0.1) is 0 Å². The highest BCUT2D eigenvalue weighted by atomic mass is 16.7. The Bertz CT molecular complexity index is 1150. The third kappa shape index (κ3) is 7.28. The molecule has 1 aliphatic heterocycles. The van der Waals surface area contributed by atoms with Crippen LogP contribution in [0.25, 0.3) is 0 Å². The van der Waals surface area contributed by atoms with Crippen molar-refractivity contribution in [3.05, 3.63) is 107 Å². The first-order chi connectivity index (χ1) is 18.3. The smallest absolute Gasteiger partial charge is 0.217 e. The van der Waals surface area contributed by atoms with Crippen molar-refractivity contribution in [2.75, 3.05) is 13.6 Å². The number of benzene rings is 3. The van der Waals surface area contributed by atoms with Crippen molar-refractivity contribution in [3.8, 4) is 0 Å². The van der Waals surface area contributed by atoms with Crippen molar-refractivity contribution in [2.45, 2.75) is 64.1 Å². The van der Waals surface area contributed by atoms with Crippen LogP contribution >= 0.6 is 0 Å². The van der Waals surface area contributed by atoms with Crippen LogP contribution in [0.1, 0.15) is 66.6 Å². The second kappa shape index (κ2) is 13.1. The Morgan fingerprint density at radius 1 is 0.974 bits per heavy atom. The average Bonchev–Trinajstić information content (AvgIpc) is 2.95. The maximum absolute atomic E-state index is 11.3. The maximum atomic E-state index is 11.3. The fourth-order valence-corrected chi connectivity index (χ4v) is 4.71. The molecule has 0 spiro atoms. The van der Waals surface area contributed by atoms with Crippen LogP contribution in [0.15, 0.2) is 78.9 Å². The predicted molar refractivity (Wildman–Crippen MR) is 146 cm³/mol. The summed E-state index contributed by atoms with van der Waals surface area (Å²) in [5.74, 6) is -0.0679. The van der Waals surface area contributed by atoms with E-state index in [-0.39, 0.29) is 30.8 Å². The van der Waals surface area contributed by atoms with E-state index in [2.05, 4.69) is 10.2 Å². The third-order valence-corrected chi connectivity index (χ3v) is 7.19. The summed E-state index contributed by atoms with van der Waals surface area (Å²) in [4.78, 5) is 13.4. The van der Waals surface area contributed by atoms with E-state index in [9.17, 15) is 15.0 Å². The van der Waals surface area contributed by atoms with Gasteiger partial charge in [-0.2, -0.15) is 0 Å². The van der Waals surface area contributed by atoms with Gasteiger partial charge in [0, 0.05) is 38.0 Å². The quantitative estimate of drug-likeness (QED) is 0.368. The summed E-state index contributed by atoms with van der Waals surface area (Å²) < 4.78 is 12.9. The molecular formula is C31H38N2O5. The molecule has 1 heterocycles. The van der Waals surface area contributed by atoms with Crippen molar-refractivity contribution in [1.82, 2.24) is 10.2 Å². The van der Waals surface area contributed by atoms with E-state index in [1.807, 2.05) is 92.8 Å². The van der Waals surface area contributed by atoms with Gasteiger partial charge in [0.05, 0.1) is 24.9 Å². The van der Waals surface area contributed by atoms with Crippen LogP contribution in [0.4, 0.5) is 0 Å². The molecule has 0 bridgehead atoms. The van der Waals surface area contributed by atoms with Gasteiger partial charge in [0.1, 0.15) is 0 Å². The molecule has 0 unspecified atom stereocenters. The van der Waals surface area contributed by atoms with Gasteiger partial charge in [-0.15, -0.1) is 0 Å². The van der Waals surface area contributed by atoms with Crippen LogP contribution < -0.4 is 5.32 Å². The highest BCUT2D eigenvalue weighted by molar-refractivity contribution is 5.72. The first-order valence-electron chi connectivity index (χ1n) is 13.1. The molecule has 38 heavy (non-hydrogen) atoms. The summed E-state index contributed by atoms with van der Waals surface area (Å²) in [6, 6.07) is 25.3. The second-order valence-electron chi connectivity index (χ2n) is 10.0. The molecular weight excluding hydrogens is 480 g/mol. The van der Waals surface area contributed by atoms with Gasteiger partial charge in [0.2, 0.25) is 5.91 Å².